The smallest absolute Gasteiger partial charge is 0.322 e. The Morgan fingerprint density at radius 2 is 1.87 bits per heavy atom. The first-order valence-corrected chi connectivity index (χ1v) is 7.75. The van der Waals surface area contributed by atoms with Crippen LogP contribution in [-0.2, 0) is 6.54 Å². The highest BCUT2D eigenvalue weighted by atomic mass is 16.2. The molecule has 0 saturated carbocycles. The number of benzene rings is 1. The molecule has 0 N–H and O–H groups in total. The normalized spacial score (nSPS) is 11.5. The lowest BCUT2D eigenvalue weighted by Crippen LogP contribution is -2.39. The minimum absolute atomic E-state index is 0.0841. The van der Waals surface area contributed by atoms with Crippen LogP contribution in [0, 0.1) is 6.92 Å². The molecule has 0 aliphatic heterocycles. The van der Waals surface area contributed by atoms with E-state index in [0.29, 0.717) is 17.7 Å². The number of para-hydroxylation sites is 1. The Balaban J connectivity index is 2.55. The first-order chi connectivity index (χ1) is 11.0. The second kappa shape index (κ2) is 5.53. The molecule has 1 aromatic carbocycles. The average molecular weight is 312 g/mol. The van der Waals surface area contributed by atoms with E-state index in [9.17, 15) is 9.59 Å². The molecule has 0 spiro atoms. The molecule has 0 bridgehead atoms. The van der Waals surface area contributed by atoms with E-state index in [1.807, 2.05) is 49.6 Å². The third-order valence-electron chi connectivity index (χ3n) is 4.09. The number of aryl methyl sites for hydroxylation is 1. The molecule has 2 heterocycles. The molecular formula is C17H20N4O2. The molecule has 2 aromatic heterocycles. The van der Waals surface area contributed by atoms with Crippen LogP contribution in [0.15, 0.2) is 40.2 Å². The fraction of sp³-hybridized carbons (Fsp3) is 0.353. The third-order valence-corrected chi connectivity index (χ3v) is 4.09. The first-order valence-electron chi connectivity index (χ1n) is 7.75. The van der Waals surface area contributed by atoms with Gasteiger partial charge in [0.15, 0.2) is 11.2 Å². The molecular weight excluding hydrogens is 292 g/mol. The Kier molecular flexibility index (Phi) is 3.67. The van der Waals surface area contributed by atoms with Gasteiger partial charge in [0.25, 0.3) is 5.56 Å². The van der Waals surface area contributed by atoms with Crippen molar-refractivity contribution in [1.82, 2.24) is 18.7 Å². The predicted molar refractivity (Wildman–Crippen MR) is 90.4 cm³/mol. The highest BCUT2D eigenvalue weighted by Gasteiger charge is 2.19. The van der Waals surface area contributed by atoms with E-state index in [4.69, 9.17) is 0 Å². The summed E-state index contributed by atoms with van der Waals surface area (Å²) in [6, 6.07) is 7.69. The van der Waals surface area contributed by atoms with Crippen molar-refractivity contribution in [2.75, 3.05) is 0 Å². The molecule has 0 aliphatic carbocycles. The van der Waals surface area contributed by atoms with Crippen LogP contribution in [-0.4, -0.2) is 18.7 Å². The molecule has 3 aromatic rings. The molecule has 23 heavy (non-hydrogen) atoms. The Morgan fingerprint density at radius 3 is 2.48 bits per heavy atom. The monoisotopic (exact) mass is 312 g/mol. The summed E-state index contributed by atoms with van der Waals surface area (Å²) in [7, 11) is 0. The van der Waals surface area contributed by atoms with Gasteiger partial charge in [-0.05, 0) is 39.3 Å². The fourth-order valence-corrected chi connectivity index (χ4v) is 2.85. The standard InChI is InChI=1S/C17H20N4O2/c1-5-19-16(22)14-15(18-10-20(14)11(2)3)21(17(19)23)13-9-7-6-8-12(13)4/h6-11H,5H2,1-4H3. The van der Waals surface area contributed by atoms with Crippen LogP contribution >= 0.6 is 0 Å². The minimum atomic E-state index is -0.353. The van der Waals surface area contributed by atoms with Gasteiger partial charge in [-0.15, -0.1) is 0 Å². The number of hydrogen-bond acceptors (Lipinski definition) is 3. The van der Waals surface area contributed by atoms with Crippen LogP contribution in [0.2, 0.25) is 0 Å². The number of fused-ring (bicyclic) bond motifs is 1. The Hall–Kier alpha value is -2.63. The molecule has 0 amide bonds. The molecule has 0 unspecified atom stereocenters. The highest BCUT2D eigenvalue weighted by Crippen LogP contribution is 2.18. The number of hydrogen-bond donors (Lipinski definition) is 0. The van der Waals surface area contributed by atoms with Crippen LogP contribution in [0.1, 0.15) is 32.4 Å². The number of nitrogens with zero attached hydrogens (tertiary/aromatic N) is 4. The molecule has 0 aliphatic rings. The van der Waals surface area contributed by atoms with Crippen LogP contribution in [0.5, 0.6) is 0 Å². The predicted octanol–water partition coefficient (Wildman–Crippen LogP) is 2.26. The Labute approximate surface area is 133 Å². The van der Waals surface area contributed by atoms with Crippen LogP contribution in [0.3, 0.4) is 0 Å². The van der Waals surface area contributed by atoms with Crippen molar-refractivity contribution in [1.29, 1.82) is 0 Å². The lowest BCUT2D eigenvalue weighted by Gasteiger charge is -2.14. The Morgan fingerprint density at radius 1 is 1.17 bits per heavy atom. The van der Waals surface area contributed by atoms with E-state index in [0.717, 1.165) is 11.3 Å². The van der Waals surface area contributed by atoms with Crippen molar-refractivity contribution in [3.05, 3.63) is 57.0 Å². The highest BCUT2D eigenvalue weighted by molar-refractivity contribution is 5.73. The second-order valence-electron chi connectivity index (χ2n) is 5.87. The van der Waals surface area contributed by atoms with E-state index >= 15 is 0 Å². The maximum absolute atomic E-state index is 12.8. The van der Waals surface area contributed by atoms with Gasteiger partial charge < -0.3 is 4.57 Å². The molecule has 6 heteroatoms. The van der Waals surface area contributed by atoms with Gasteiger partial charge in [0.05, 0.1) is 12.0 Å². The number of aromatic nitrogens is 4. The Bertz CT molecular complexity index is 992. The van der Waals surface area contributed by atoms with E-state index in [2.05, 4.69) is 4.98 Å². The van der Waals surface area contributed by atoms with Crippen LogP contribution in [0.25, 0.3) is 16.9 Å². The van der Waals surface area contributed by atoms with Gasteiger partial charge in [-0.2, -0.15) is 0 Å². The maximum atomic E-state index is 12.8. The fourth-order valence-electron chi connectivity index (χ4n) is 2.85. The van der Waals surface area contributed by atoms with Gasteiger partial charge in [0, 0.05) is 12.6 Å². The molecule has 0 atom stereocenters. The summed E-state index contributed by atoms with van der Waals surface area (Å²) in [6.07, 6.45) is 1.63. The lowest BCUT2D eigenvalue weighted by molar-refractivity contribution is 0.604. The van der Waals surface area contributed by atoms with E-state index in [-0.39, 0.29) is 17.3 Å². The zero-order valence-corrected chi connectivity index (χ0v) is 13.8. The average Bonchev–Trinajstić information content (AvgIpc) is 2.95. The van der Waals surface area contributed by atoms with Crippen molar-refractivity contribution in [3.8, 4) is 5.69 Å². The van der Waals surface area contributed by atoms with Crippen LogP contribution in [0.4, 0.5) is 0 Å². The van der Waals surface area contributed by atoms with Crippen molar-refractivity contribution < 1.29 is 0 Å². The summed E-state index contributed by atoms with van der Waals surface area (Å²) in [5, 5.41) is 0. The molecule has 0 saturated heterocycles. The summed E-state index contributed by atoms with van der Waals surface area (Å²) < 4.78 is 4.61. The van der Waals surface area contributed by atoms with Gasteiger partial charge in [-0.25, -0.2) is 14.3 Å². The molecule has 0 radical (unpaired) electrons. The van der Waals surface area contributed by atoms with Crippen molar-refractivity contribution in [2.45, 2.75) is 40.3 Å². The lowest BCUT2D eigenvalue weighted by atomic mass is 10.2. The number of imidazole rings is 1. The first kappa shape index (κ1) is 15.3. The number of rotatable bonds is 3. The van der Waals surface area contributed by atoms with Crippen molar-refractivity contribution in [2.24, 2.45) is 0 Å². The van der Waals surface area contributed by atoms with E-state index in [1.165, 1.54) is 9.13 Å². The SMILES string of the molecule is CCn1c(=O)c2c(ncn2C(C)C)n(-c2ccccc2C)c1=O. The van der Waals surface area contributed by atoms with E-state index < -0.39 is 0 Å². The van der Waals surface area contributed by atoms with Gasteiger partial charge in [-0.1, -0.05) is 18.2 Å². The summed E-state index contributed by atoms with van der Waals surface area (Å²) in [5.41, 5.74) is 1.93. The summed E-state index contributed by atoms with van der Waals surface area (Å²) >= 11 is 0. The topological polar surface area (TPSA) is 61.8 Å². The zero-order valence-electron chi connectivity index (χ0n) is 13.8. The van der Waals surface area contributed by atoms with Gasteiger partial charge in [0.1, 0.15) is 0 Å². The van der Waals surface area contributed by atoms with Gasteiger partial charge in [-0.3, -0.25) is 9.36 Å². The third kappa shape index (κ3) is 2.21. The quantitative estimate of drug-likeness (QED) is 0.745. The summed E-state index contributed by atoms with van der Waals surface area (Å²) in [4.78, 5) is 29.9. The minimum Gasteiger partial charge on any atom is -0.322 e. The van der Waals surface area contributed by atoms with Crippen molar-refractivity contribution >= 4 is 11.2 Å². The van der Waals surface area contributed by atoms with Crippen LogP contribution < -0.4 is 11.2 Å². The summed E-state index contributed by atoms with van der Waals surface area (Å²) in [5.74, 6) is 0. The maximum Gasteiger partial charge on any atom is 0.337 e. The molecule has 6 nitrogen and oxygen atoms in total. The largest absolute Gasteiger partial charge is 0.337 e. The molecule has 3 rings (SSSR count). The van der Waals surface area contributed by atoms with Gasteiger partial charge >= 0.3 is 5.69 Å². The van der Waals surface area contributed by atoms with Gasteiger partial charge in [0.2, 0.25) is 0 Å². The molecule has 0 fully saturated rings. The van der Waals surface area contributed by atoms with Crippen molar-refractivity contribution in [3.63, 3.8) is 0 Å². The summed E-state index contributed by atoms with van der Waals surface area (Å²) in [6.45, 7) is 8.03. The van der Waals surface area contributed by atoms with E-state index in [1.54, 1.807) is 13.3 Å². The second-order valence-corrected chi connectivity index (χ2v) is 5.87. The molecule has 120 valence electrons. The zero-order chi connectivity index (χ0) is 16.7.